The highest BCUT2D eigenvalue weighted by Crippen LogP contribution is 2.25. The second kappa shape index (κ2) is 8.88. The summed E-state index contributed by atoms with van der Waals surface area (Å²) in [5.41, 5.74) is 1.58. The summed E-state index contributed by atoms with van der Waals surface area (Å²) in [4.78, 5) is 13.5. The van der Waals surface area contributed by atoms with Gasteiger partial charge in [0.15, 0.2) is 11.6 Å². The summed E-state index contributed by atoms with van der Waals surface area (Å²) in [6, 6.07) is 16.9. The number of benzene rings is 2. The van der Waals surface area contributed by atoms with Gasteiger partial charge in [0.1, 0.15) is 0 Å². The lowest BCUT2D eigenvalue weighted by Gasteiger charge is -2.20. The number of amides is 1. The number of halogens is 2. The van der Waals surface area contributed by atoms with E-state index in [4.69, 9.17) is 0 Å². The molecule has 0 saturated carbocycles. The first-order valence-corrected chi connectivity index (χ1v) is 9.48. The molecule has 0 unspecified atom stereocenters. The minimum Gasteiger partial charge on any atom is -0.343 e. The standard InChI is InChI=1S/C21H20F2N2OS/c1-14(16-9-10-17(22)18(23)12-16)24-13-20(26)25-21(19-8-5-11-27-19)15-6-3-2-4-7-15/h2-12,14,21,24H,13H2,1H3,(H,25,26)/t14-,21+/m0/s1. The van der Waals surface area contributed by atoms with E-state index in [1.807, 2.05) is 47.8 Å². The Morgan fingerprint density at radius 2 is 1.78 bits per heavy atom. The van der Waals surface area contributed by atoms with Crippen molar-refractivity contribution in [3.05, 3.63) is 93.7 Å². The summed E-state index contributed by atoms with van der Waals surface area (Å²) in [5.74, 6) is -1.95. The van der Waals surface area contributed by atoms with Crippen molar-refractivity contribution in [2.45, 2.75) is 19.0 Å². The van der Waals surface area contributed by atoms with Crippen LogP contribution in [0.3, 0.4) is 0 Å². The van der Waals surface area contributed by atoms with Gasteiger partial charge in [-0.3, -0.25) is 4.79 Å². The zero-order valence-electron chi connectivity index (χ0n) is 14.8. The van der Waals surface area contributed by atoms with Crippen molar-refractivity contribution in [2.24, 2.45) is 0 Å². The van der Waals surface area contributed by atoms with Crippen LogP contribution in [0.2, 0.25) is 0 Å². The lowest BCUT2D eigenvalue weighted by Crippen LogP contribution is -2.37. The Bertz CT molecular complexity index is 884. The average molecular weight is 386 g/mol. The molecule has 2 atom stereocenters. The Hall–Kier alpha value is -2.57. The summed E-state index contributed by atoms with van der Waals surface area (Å²) >= 11 is 1.58. The Morgan fingerprint density at radius 3 is 2.44 bits per heavy atom. The zero-order chi connectivity index (χ0) is 19.2. The molecule has 0 aliphatic rings. The molecular formula is C21H20F2N2OS. The van der Waals surface area contributed by atoms with Gasteiger partial charge in [-0.05, 0) is 41.6 Å². The van der Waals surface area contributed by atoms with Gasteiger partial charge in [-0.2, -0.15) is 0 Å². The van der Waals surface area contributed by atoms with Crippen LogP contribution in [-0.4, -0.2) is 12.5 Å². The van der Waals surface area contributed by atoms with Gasteiger partial charge in [0, 0.05) is 10.9 Å². The third-order valence-corrected chi connectivity index (χ3v) is 5.22. The third kappa shape index (κ3) is 4.99. The van der Waals surface area contributed by atoms with Crippen LogP contribution in [0.5, 0.6) is 0 Å². The normalized spacial score (nSPS) is 13.1. The largest absolute Gasteiger partial charge is 0.343 e. The minimum absolute atomic E-state index is 0.0644. The van der Waals surface area contributed by atoms with Gasteiger partial charge in [-0.1, -0.05) is 42.5 Å². The summed E-state index contributed by atoms with van der Waals surface area (Å²) in [6.45, 7) is 1.86. The maximum atomic E-state index is 13.4. The first kappa shape index (κ1) is 19.2. The van der Waals surface area contributed by atoms with E-state index in [1.165, 1.54) is 6.07 Å². The molecule has 0 fully saturated rings. The molecule has 6 heteroatoms. The number of nitrogens with one attached hydrogen (secondary N) is 2. The molecule has 140 valence electrons. The molecule has 2 N–H and O–H groups in total. The predicted molar refractivity (Wildman–Crippen MR) is 104 cm³/mol. The van der Waals surface area contributed by atoms with Gasteiger partial charge in [-0.15, -0.1) is 11.3 Å². The summed E-state index contributed by atoms with van der Waals surface area (Å²) in [6.07, 6.45) is 0. The molecule has 1 amide bonds. The van der Waals surface area contributed by atoms with E-state index in [0.29, 0.717) is 5.56 Å². The number of carbonyl (C=O) groups is 1. The number of hydrogen-bond acceptors (Lipinski definition) is 3. The fraction of sp³-hybridized carbons (Fsp3) is 0.190. The summed E-state index contributed by atoms with van der Waals surface area (Å²) in [5, 5.41) is 8.06. The Labute approximate surface area is 161 Å². The van der Waals surface area contributed by atoms with Crippen molar-refractivity contribution < 1.29 is 13.6 Å². The van der Waals surface area contributed by atoms with Gasteiger partial charge in [0.2, 0.25) is 5.91 Å². The van der Waals surface area contributed by atoms with Crippen molar-refractivity contribution in [3.63, 3.8) is 0 Å². The van der Waals surface area contributed by atoms with E-state index >= 15 is 0 Å². The Balaban J connectivity index is 1.63. The van der Waals surface area contributed by atoms with Crippen LogP contribution < -0.4 is 10.6 Å². The first-order chi connectivity index (χ1) is 13.0. The smallest absolute Gasteiger partial charge is 0.234 e. The maximum absolute atomic E-state index is 13.4. The molecule has 0 saturated heterocycles. The molecular weight excluding hydrogens is 366 g/mol. The highest BCUT2D eigenvalue weighted by molar-refractivity contribution is 7.10. The van der Waals surface area contributed by atoms with Crippen LogP contribution in [-0.2, 0) is 4.79 Å². The van der Waals surface area contributed by atoms with E-state index in [1.54, 1.807) is 18.3 Å². The first-order valence-electron chi connectivity index (χ1n) is 8.60. The Kier molecular flexibility index (Phi) is 6.32. The van der Waals surface area contributed by atoms with Crippen LogP contribution >= 0.6 is 11.3 Å². The van der Waals surface area contributed by atoms with E-state index in [9.17, 15) is 13.6 Å². The third-order valence-electron chi connectivity index (χ3n) is 4.28. The lowest BCUT2D eigenvalue weighted by molar-refractivity contribution is -0.120. The van der Waals surface area contributed by atoms with E-state index in [2.05, 4.69) is 10.6 Å². The Morgan fingerprint density at radius 1 is 1.00 bits per heavy atom. The zero-order valence-corrected chi connectivity index (χ0v) is 15.6. The highest BCUT2D eigenvalue weighted by Gasteiger charge is 2.18. The van der Waals surface area contributed by atoms with Gasteiger partial charge >= 0.3 is 0 Å². The fourth-order valence-corrected chi connectivity index (χ4v) is 3.58. The molecule has 0 bridgehead atoms. The molecule has 3 rings (SSSR count). The molecule has 3 aromatic rings. The van der Waals surface area contributed by atoms with Crippen LogP contribution in [0.15, 0.2) is 66.0 Å². The van der Waals surface area contributed by atoms with Crippen LogP contribution in [0.4, 0.5) is 8.78 Å². The molecule has 1 heterocycles. The van der Waals surface area contributed by atoms with Gasteiger partial charge in [0.05, 0.1) is 12.6 Å². The maximum Gasteiger partial charge on any atom is 0.234 e. The minimum atomic E-state index is -0.896. The van der Waals surface area contributed by atoms with E-state index in [-0.39, 0.29) is 24.5 Å². The molecule has 27 heavy (non-hydrogen) atoms. The quantitative estimate of drug-likeness (QED) is 0.624. The van der Waals surface area contributed by atoms with Crippen LogP contribution in [0.1, 0.15) is 35.0 Å². The molecule has 0 aliphatic heterocycles. The fourth-order valence-electron chi connectivity index (χ4n) is 2.78. The SMILES string of the molecule is C[C@H](NCC(=O)N[C@H](c1ccccc1)c1cccs1)c1ccc(F)c(F)c1. The van der Waals surface area contributed by atoms with Crippen LogP contribution in [0, 0.1) is 11.6 Å². The molecule has 0 aliphatic carbocycles. The number of rotatable bonds is 7. The highest BCUT2D eigenvalue weighted by atomic mass is 32.1. The molecule has 0 radical (unpaired) electrons. The van der Waals surface area contributed by atoms with Crippen molar-refractivity contribution in [1.29, 1.82) is 0 Å². The second-order valence-corrected chi connectivity index (χ2v) is 7.18. The molecule has 1 aromatic heterocycles. The van der Waals surface area contributed by atoms with Gasteiger partial charge < -0.3 is 10.6 Å². The average Bonchev–Trinajstić information content (AvgIpc) is 3.21. The van der Waals surface area contributed by atoms with Crippen LogP contribution in [0.25, 0.3) is 0 Å². The molecule has 0 spiro atoms. The topological polar surface area (TPSA) is 41.1 Å². The number of thiophene rings is 1. The van der Waals surface area contributed by atoms with Gasteiger partial charge in [0.25, 0.3) is 0 Å². The lowest BCUT2D eigenvalue weighted by atomic mass is 10.1. The second-order valence-electron chi connectivity index (χ2n) is 6.20. The monoisotopic (exact) mass is 386 g/mol. The number of carbonyl (C=O) groups excluding carboxylic acids is 1. The van der Waals surface area contributed by atoms with E-state index in [0.717, 1.165) is 22.6 Å². The van der Waals surface area contributed by atoms with Gasteiger partial charge in [-0.25, -0.2) is 8.78 Å². The summed E-state index contributed by atoms with van der Waals surface area (Å²) < 4.78 is 26.4. The number of hydrogen-bond donors (Lipinski definition) is 2. The van der Waals surface area contributed by atoms with Crippen molar-refractivity contribution in [3.8, 4) is 0 Å². The summed E-state index contributed by atoms with van der Waals surface area (Å²) in [7, 11) is 0. The van der Waals surface area contributed by atoms with E-state index < -0.39 is 11.6 Å². The predicted octanol–water partition coefficient (Wildman–Crippen LogP) is 4.58. The molecule has 3 nitrogen and oxygen atoms in total. The van der Waals surface area contributed by atoms with Crippen molar-refractivity contribution in [1.82, 2.24) is 10.6 Å². The van der Waals surface area contributed by atoms with Crippen molar-refractivity contribution in [2.75, 3.05) is 6.54 Å². The van der Waals surface area contributed by atoms with Crippen molar-refractivity contribution >= 4 is 17.2 Å². The molecule has 2 aromatic carbocycles.